The van der Waals surface area contributed by atoms with Crippen LogP contribution in [-0.4, -0.2) is 43.7 Å². The average Bonchev–Trinajstić information content (AvgIpc) is 3.17. The Morgan fingerprint density at radius 2 is 1.90 bits per heavy atom. The third kappa shape index (κ3) is 4.26. The van der Waals surface area contributed by atoms with Gasteiger partial charge in [-0.3, -0.25) is 9.59 Å². The van der Waals surface area contributed by atoms with Crippen LogP contribution in [0.15, 0.2) is 42.5 Å². The van der Waals surface area contributed by atoms with Crippen molar-refractivity contribution in [2.45, 2.75) is 6.42 Å². The van der Waals surface area contributed by atoms with Gasteiger partial charge in [0, 0.05) is 41.7 Å². The summed E-state index contributed by atoms with van der Waals surface area (Å²) < 4.78 is 16.1. The Morgan fingerprint density at radius 3 is 2.72 bits per heavy atom. The van der Waals surface area contributed by atoms with E-state index in [9.17, 15) is 9.59 Å². The van der Waals surface area contributed by atoms with Gasteiger partial charge in [-0.25, -0.2) is 0 Å². The quantitative estimate of drug-likeness (QED) is 0.596. The third-order valence-electron chi connectivity index (χ3n) is 4.54. The standard InChI is InChI=1S/C21H21N3O5/c1-27-15-4-2-13-10-17(24-16(13)12-15)21(26)22-7-6-20(25)23-14-3-5-18-19(11-14)29-9-8-28-18/h2-5,10-12,24H,6-9H2,1H3,(H,22,26)(H,23,25). The van der Waals surface area contributed by atoms with Crippen molar-refractivity contribution >= 4 is 28.4 Å². The molecule has 1 aromatic heterocycles. The van der Waals surface area contributed by atoms with Crippen LogP contribution in [-0.2, 0) is 4.79 Å². The van der Waals surface area contributed by atoms with Gasteiger partial charge >= 0.3 is 0 Å². The van der Waals surface area contributed by atoms with Crippen LogP contribution in [0.4, 0.5) is 5.69 Å². The first-order valence-corrected chi connectivity index (χ1v) is 9.27. The molecule has 150 valence electrons. The summed E-state index contributed by atoms with van der Waals surface area (Å²) in [7, 11) is 1.59. The molecule has 0 bridgehead atoms. The van der Waals surface area contributed by atoms with Crippen molar-refractivity contribution in [1.29, 1.82) is 0 Å². The Hall–Kier alpha value is -3.68. The van der Waals surface area contributed by atoms with Crippen LogP contribution in [0.2, 0.25) is 0 Å². The molecule has 3 N–H and O–H groups in total. The van der Waals surface area contributed by atoms with E-state index < -0.39 is 0 Å². The number of amides is 2. The molecule has 8 nitrogen and oxygen atoms in total. The van der Waals surface area contributed by atoms with Crippen molar-refractivity contribution < 1.29 is 23.8 Å². The molecule has 0 unspecified atom stereocenters. The molecule has 2 heterocycles. The summed E-state index contributed by atoms with van der Waals surface area (Å²) in [6.07, 6.45) is 0.147. The third-order valence-corrected chi connectivity index (χ3v) is 4.54. The SMILES string of the molecule is COc1ccc2cc(C(=O)NCCC(=O)Nc3ccc4c(c3)OCCO4)[nH]c2c1. The summed E-state index contributed by atoms with van der Waals surface area (Å²) in [4.78, 5) is 27.5. The molecule has 3 aromatic rings. The maximum Gasteiger partial charge on any atom is 0.267 e. The van der Waals surface area contributed by atoms with Gasteiger partial charge in [-0.05, 0) is 30.3 Å². The van der Waals surface area contributed by atoms with Gasteiger partial charge in [0.2, 0.25) is 5.91 Å². The highest BCUT2D eigenvalue weighted by Gasteiger charge is 2.14. The van der Waals surface area contributed by atoms with E-state index in [1.54, 1.807) is 31.4 Å². The molecule has 0 spiro atoms. The lowest BCUT2D eigenvalue weighted by Gasteiger charge is -2.19. The van der Waals surface area contributed by atoms with Crippen molar-refractivity contribution in [2.24, 2.45) is 0 Å². The zero-order valence-corrected chi connectivity index (χ0v) is 15.9. The lowest BCUT2D eigenvalue weighted by atomic mass is 10.2. The fraction of sp³-hybridized carbons (Fsp3) is 0.238. The highest BCUT2D eigenvalue weighted by molar-refractivity contribution is 5.98. The predicted molar refractivity (Wildman–Crippen MR) is 108 cm³/mol. The Labute approximate surface area is 167 Å². The van der Waals surface area contributed by atoms with E-state index in [1.165, 1.54) is 0 Å². The summed E-state index contributed by atoms with van der Waals surface area (Å²) in [5, 5.41) is 6.45. The Bertz CT molecular complexity index is 1060. The highest BCUT2D eigenvalue weighted by Crippen LogP contribution is 2.32. The molecule has 2 amide bonds. The zero-order valence-electron chi connectivity index (χ0n) is 15.9. The van der Waals surface area contributed by atoms with Crippen LogP contribution >= 0.6 is 0 Å². The second kappa shape index (κ2) is 8.14. The summed E-state index contributed by atoms with van der Waals surface area (Å²) in [5.74, 6) is 1.51. The van der Waals surface area contributed by atoms with Gasteiger partial charge in [0.15, 0.2) is 11.5 Å². The Balaban J connectivity index is 1.29. The first kappa shape index (κ1) is 18.7. The summed E-state index contributed by atoms with van der Waals surface area (Å²) >= 11 is 0. The molecular weight excluding hydrogens is 374 g/mol. The van der Waals surface area contributed by atoms with Gasteiger partial charge < -0.3 is 29.8 Å². The van der Waals surface area contributed by atoms with Gasteiger partial charge in [-0.2, -0.15) is 0 Å². The van der Waals surface area contributed by atoms with E-state index >= 15 is 0 Å². The number of aromatic nitrogens is 1. The van der Waals surface area contributed by atoms with Crippen LogP contribution in [0, 0.1) is 0 Å². The number of aromatic amines is 1. The summed E-state index contributed by atoms with van der Waals surface area (Å²) in [5.41, 5.74) is 1.86. The minimum Gasteiger partial charge on any atom is -0.497 e. The van der Waals surface area contributed by atoms with E-state index in [2.05, 4.69) is 15.6 Å². The fourth-order valence-electron chi connectivity index (χ4n) is 3.08. The molecule has 1 aliphatic rings. The largest absolute Gasteiger partial charge is 0.497 e. The molecule has 0 atom stereocenters. The minimum absolute atomic E-state index is 0.147. The van der Waals surface area contributed by atoms with Gasteiger partial charge in [-0.1, -0.05) is 0 Å². The molecule has 0 saturated heterocycles. The molecular formula is C21H21N3O5. The van der Waals surface area contributed by atoms with E-state index in [0.717, 1.165) is 10.9 Å². The number of nitrogens with one attached hydrogen (secondary N) is 3. The number of carbonyl (C=O) groups is 2. The number of hydrogen-bond donors (Lipinski definition) is 3. The Kier molecular flexibility index (Phi) is 5.24. The fourth-order valence-corrected chi connectivity index (χ4v) is 3.08. The van der Waals surface area contributed by atoms with Crippen LogP contribution in [0.3, 0.4) is 0 Å². The number of benzene rings is 2. The molecule has 29 heavy (non-hydrogen) atoms. The number of ether oxygens (including phenoxy) is 3. The molecule has 0 saturated carbocycles. The van der Waals surface area contributed by atoms with Crippen molar-refractivity contribution in [3.05, 3.63) is 48.2 Å². The summed E-state index contributed by atoms with van der Waals surface area (Å²) in [6, 6.07) is 12.5. The number of rotatable bonds is 6. The van der Waals surface area contributed by atoms with Crippen molar-refractivity contribution in [3.63, 3.8) is 0 Å². The van der Waals surface area contributed by atoms with Crippen molar-refractivity contribution in [3.8, 4) is 17.2 Å². The van der Waals surface area contributed by atoms with Gasteiger partial charge in [-0.15, -0.1) is 0 Å². The topological polar surface area (TPSA) is 102 Å². The first-order valence-electron chi connectivity index (χ1n) is 9.27. The van der Waals surface area contributed by atoms with Crippen molar-refractivity contribution in [2.75, 3.05) is 32.2 Å². The Morgan fingerprint density at radius 1 is 1.07 bits per heavy atom. The van der Waals surface area contributed by atoms with Crippen LogP contribution < -0.4 is 24.8 Å². The second-order valence-electron chi connectivity index (χ2n) is 6.55. The second-order valence-corrected chi connectivity index (χ2v) is 6.55. The molecule has 8 heteroatoms. The highest BCUT2D eigenvalue weighted by atomic mass is 16.6. The van der Waals surface area contributed by atoms with Crippen LogP contribution in [0.1, 0.15) is 16.9 Å². The summed E-state index contributed by atoms with van der Waals surface area (Å²) in [6.45, 7) is 1.22. The first-order chi connectivity index (χ1) is 14.1. The van der Waals surface area contributed by atoms with E-state index in [-0.39, 0.29) is 24.8 Å². The number of anilines is 1. The molecule has 4 rings (SSSR count). The van der Waals surface area contributed by atoms with Crippen molar-refractivity contribution in [1.82, 2.24) is 10.3 Å². The van der Waals surface area contributed by atoms with Crippen LogP contribution in [0.5, 0.6) is 17.2 Å². The van der Waals surface area contributed by atoms with E-state index in [4.69, 9.17) is 14.2 Å². The maximum absolute atomic E-state index is 12.3. The molecule has 1 aliphatic heterocycles. The molecule has 0 fully saturated rings. The van der Waals surface area contributed by atoms with E-state index in [0.29, 0.717) is 41.8 Å². The number of carbonyl (C=O) groups excluding carboxylic acids is 2. The smallest absolute Gasteiger partial charge is 0.267 e. The van der Waals surface area contributed by atoms with Gasteiger partial charge in [0.1, 0.15) is 24.7 Å². The lowest BCUT2D eigenvalue weighted by Crippen LogP contribution is -2.27. The van der Waals surface area contributed by atoms with Gasteiger partial charge in [0.25, 0.3) is 5.91 Å². The normalized spacial score (nSPS) is 12.4. The number of fused-ring (bicyclic) bond motifs is 2. The number of H-pyrrole nitrogens is 1. The maximum atomic E-state index is 12.3. The monoisotopic (exact) mass is 395 g/mol. The zero-order chi connectivity index (χ0) is 20.2. The molecule has 0 radical (unpaired) electrons. The van der Waals surface area contributed by atoms with Crippen LogP contribution in [0.25, 0.3) is 10.9 Å². The average molecular weight is 395 g/mol. The lowest BCUT2D eigenvalue weighted by molar-refractivity contribution is -0.116. The van der Waals surface area contributed by atoms with E-state index in [1.807, 2.05) is 18.2 Å². The van der Waals surface area contributed by atoms with Gasteiger partial charge in [0.05, 0.1) is 7.11 Å². The molecule has 2 aromatic carbocycles. The molecule has 0 aliphatic carbocycles. The number of methoxy groups -OCH3 is 1. The predicted octanol–water partition coefficient (Wildman–Crippen LogP) is 2.71. The minimum atomic E-state index is -0.271. The number of hydrogen-bond acceptors (Lipinski definition) is 5.